The molecule has 2 N–H and O–H groups in total. The first-order valence-corrected chi connectivity index (χ1v) is 13.3. The summed E-state index contributed by atoms with van der Waals surface area (Å²) in [5, 5.41) is 7.06. The number of fused-ring (bicyclic) bond motifs is 2. The van der Waals surface area contributed by atoms with Crippen LogP contribution in [0.25, 0.3) is 10.9 Å². The zero-order valence-corrected chi connectivity index (χ0v) is 23.1. The molecule has 2 heterocycles. The van der Waals surface area contributed by atoms with E-state index in [1.807, 2.05) is 53.7 Å². The lowest BCUT2D eigenvalue weighted by Crippen LogP contribution is -2.40. The van der Waals surface area contributed by atoms with E-state index in [4.69, 9.17) is 9.47 Å². The normalized spacial score (nSPS) is 23.6. The fourth-order valence-electron chi connectivity index (χ4n) is 5.76. The van der Waals surface area contributed by atoms with E-state index < -0.39 is 17.3 Å². The number of aryl methyl sites for hydroxylation is 1. The average Bonchev–Trinajstić information content (AvgIpc) is 3.42. The molecule has 0 spiro atoms. The number of amides is 1. The van der Waals surface area contributed by atoms with Gasteiger partial charge in [0.15, 0.2) is 0 Å². The summed E-state index contributed by atoms with van der Waals surface area (Å²) in [5.74, 6) is 1.07. The SMILES string of the molecule is CC(=O)Nc1cn(C(=O)OC(C)(C)C)c2ccc(CC[C@@H]3C[C@H]4CN[C@@H](C(=O)OC(C)(C)C)[C@@H]4C3)cc12. The number of nitrogens with zero attached hydrogens (tertiary/aromatic N) is 1. The summed E-state index contributed by atoms with van der Waals surface area (Å²) in [5.41, 5.74) is 1.34. The van der Waals surface area contributed by atoms with Crippen LogP contribution in [-0.4, -0.2) is 46.3 Å². The number of carbonyl (C=O) groups excluding carboxylic acids is 3. The van der Waals surface area contributed by atoms with Gasteiger partial charge in [-0.15, -0.1) is 0 Å². The number of rotatable bonds is 5. The van der Waals surface area contributed by atoms with Gasteiger partial charge in [-0.25, -0.2) is 4.79 Å². The summed E-state index contributed by atoms with van der Waals surface area (Å²) in [7, 11) is 0. The summed E-state index contributed by atoms with van der Waals surface area (Å²) >= 11 is 0. The summed E-state index contributed by atoms with van der Waals surface area (Å²) < 4.78 is 12.7. The van der Waals surface area contributed by atoms with Gasteiger partial charge in [-0.1, -0.05) is 6.07 Å². The van der Waals surface area contributed by atoms with Crippen LogP contribution in [0.4, 0.5) is 10.5 Å². The second-order valence-electron chi connectivity index (χ2n) is 12.6. The number of benzene rings is 1. The molecule has 1 aliphatic carbocycles. The maximum atomic E-state index is 12.8. The number of nitrogens with one attached hydrogen (secondary N) is 2. The molecule has 2 aliphatic rings. The monoisotopic (exact) mass is 511 g/mol. The summed E-state index contributed by atoms with van der Waals surface area (Å²) in [6.45, 7) is 13.5. The largest absolute Gasteiger partial charge is 0.459 e. The lowest BCUT2D eigenvalue weighted by Gasteiger charge is -2.25. The first-order chi connectivity index (χ1) is 17.2. The first kappa shape index (κ1) is 27.2. The van der Waals surface area contributed by atoms with E-state index in [-0.39, 0.29) is 17.9 Å². The lowest BCUT2D eigenvalue weighted by atomic mass is 9.93. The van der Waals surface area contributed by atoms with Crippen molar-refractivity contribution >= 4 is 34.6 Å². The Bertz CT molecular complexity index is 1190. The van der Waals surface area contributed by atoms with Crippen LogP contribution in [-0.2, 0) is 25.5 Å². The van der Waals surface area contributed by atoms with Gasteiger partial charge in [0.05, 0.1) is 11.2 Å². The number of aromatic nitrogens is 1. The van der Waals surface area contributed by atoms with Crippen molar-refractivity contribution in [2.75, 3.05) is 11.9 Å². The van der Waals surface area contributed by atoms with E-state index in [1.165, 1.54) is 11.5 Å². The van der Waals surface area contributed by atoms with Crippen LogP contribution in [0.3, 0.4) is 0 Å². The maximum absolute atomic E-state index is 12.8. The minimum atomic E-state index is -0.626. The van der Waals surface area contributed by atoms with Crippen molar-refractivity contribution < 1.29 is 23.9 Å². The van der Waals surface area contributed by atoms with Crippen LogP contribution in [0.15, 0.2) is 24.4 Å². The van der Waals surface area contributed by atoms with E-state index in [0.717, 1.165) is 43.2 Å². The van der Waals surface area contributed by atoms with Crippen LogP contribution < -0.4 is 10.6 Å². The number of carbonyl (C=O) groups is 3. The summed E-state index contributed by atoms with van der Waals surface area (Å²) in [6, 6.07) is 5.81. The molecule has 8 nitrogen and oxygen atoms in total. The average molecular weight is 512 g/mol. The van der Waals surface area contributed by atoms with Gasteiger partial charge < -0.3 is 20.1 Å². The van der Waals surface area contributed by atoms with E-state index in [0.29, 0.717) is 29.0 Å². The fourth-order valence-corrected chi connectivity index (χ4v) is 5.76. The fraction of sp³-hybridized carbons (Fsp3) is 0.621. The molecule has 1 amide bonds. The predicted octanol–water partition coefficient (Wildman–Crippen LogP) is 5.27. The molecule has 8 heteroatoms. The number of hydrogen-bond donors (Lipinski definition) is 2. The molecule has 2 aromatic rings. The Morgan fingerprint density at radius 3 is 2.41 bits per heavy atom. The standard InChI is InChI=1S/C29H41N3O5/c1-17(33)31-23-16-32(27(35)37-29(5,6)7)24-11-10-18(13-22(23)24)8-9-19-12-20-15-30-25(21(20)14-19)26(34)36-28(2,3)4/h10-11,13,16,19-21,25,30H,8-9,12,14-15H2,1-7H3,(H,31,33)/t19-,20+,21-,25-/m1/s1. The second-order valence-corrected chi connectivity index (χ2v) is 12.6. The van der Waals surface area contributed by atoms with Gasteiger partial charge >= 0.3 is 12.1 Å². The van der Waals surface area contributed by atoms with Crippen LogP contribution in [0.1, 0.15) is 73.3 Å². The Morgan fingerprint density at radius 2 is 1.76 bits per heavy atom. The zero-order valence-electron chi connectivity index (χ0n) is 23.1. The molecule has 202 valence electrons. The van der Waals surface area contributed by atoms with Crippen molar-refractivity contribution in [2.45, 2.75) is 91.4 Å². The van der Waals surface area contributed by atoms with Gasteiger partial charge in [0.25, 0.3) is 0 Å². The van der Waals surface area contributed by atoms with Crippen molar-refractivity contribution in [3.63, 3.8) is 0 Å². The Kier molecular flexibility index (Phi) is 7.43. The molecular weight excluding hydrogens is 470 g/mol. The van der Waals surface area contributed by atoms with Crippen molar-refractivity contribution in [1.82, 2.24) is 9.88 Å². The highest BCUT2D eigenvalue weighted by atomic mass is 16.6. The maximum Gasteiger partial charge on any atom is 0.419 e. The van der Waals surface area contributed by atoms with Gasteiger partial charge in [-0.05, 0) is 109 Å². The number of hydrogen-bond acceptors (Lipinski definition) is 6. The Hall–Kier alpha value is -2.87. The second kappa shape index (κ2) is 10.1. The van der Waals surface area contributed by atoms with E-state index in [2.05, 4.69) is 16.7 Å². The summed E-state index contributed by atoms with van der Waals surface area (Å²) in [4.78, 5) is 37.3. The molecule has 0 unspecified atom stereocenters. The van der Waals surface area contributed by atoms with E-state index >= 15 is 0 Å². The molecule has 0 radical (unpaired) electrons. The van der Waals surface area contributed by atoms with E-state index in [9.17, 15) is 14.4 Å². The number of esters is 1. The minimum absolute atomic E-state index is 0.133. The minimum Gasteiger partial charge on any atom is -0.459 e. The zero-order chi connectivity index (χ0) is 27.1. The van der Waals surface area contributed by atoms with Crippen molar-refractivity contribution in [3.8, 4) is 0 Å². The predicted molar refractivity (Wildman–Crippen MR) is 144 cm³/mol. The van der Waals surface area contributed by atoms with Crippen molar-refractivity contribution in [2.24, 2.45) is 17.8 Å². The molecule has 1 aromatic heterocycles. The molecule has 4 atom stereocenters. The van der Waals surface area contributed by atoms with Crippen LogP contribution in [0.5, 0.6) is 0 Å². The molecule has 1 aliphatic heterocycles. The Labute approximate surface area is 219 Å². The smallest absolute Gasteiger partial charge is 0.419 e. The molecule has 1 saturated carbocycles. The Morgan fingerprint density at radius 1 is 1.05 bits per heavy atom. The van der Waals surface area contributed by atoms with Gasteiger partial charge in [-0.2, -0.15) is 0 Å². The van der Waals surface area contributed by atoms with Crippen molar-refractivity contribution in [3.05, 3.63) is 30.0 Å². The third kappa shape index (κ3) is 6.53. The van der Waals surface area contributed by atoms with E-state index in [1.54, 1.807) is 6.20 Å². The highest BCUT2D eigenvalue weighted by molar-refractivity contribution is 6.04. The summed E-state index contributed by atoms with van der Waals surface area (Å²) in [6.07, 6.45) is 5.21. The van der Waals surface area contributed by atoms with Crippen LogP contribution >= 0.6 is 0 Å². The van der Waals surface area contributed by atoms with Crippen LogP contribution in [0, 0.1) is 17.8 Å². The molecule has 37 heavy (non-hydrogen) atoms. The highest BCUT2D eigenvalue weighted by Crippen LogP contribution is 2.44. The van der Waals surface area contributed by atoms with Crippen molar-refractivity contribution in [1.29, 1.82) is 0 Å². The van der Waals surface area contributed by atoms with Crippen LogP contribution in [0.2, 0.25) is 0 Å². The molecule has 4 rings (SSSR count). The van der Waals surface area contributed by atoms with Gasteiger partial charge in [-0.3, -0.25) is 14.2 Å². The molecule has 0 bridgehead atoms. The van der Waals surface area contributed by atoms with Gasteiger partial charge in [0.1, 0.15) is 17.2 Å². The lowest BCUT2D eigenvalue weighted by molar-refractivity contribution is -0.158. The topological polar surface area (TPSA) is 98.7 Å². The number of ether oxygens (including phenoxy) is 2. The molecule has 1 saturated heterocycles. The third-order valence-electron chi connectivity index (χ3n) is 7.15. The number of anilines is 1. The quantitative estimate of drug-likeness (QED) is 0.531. The first-order valence-electron chi connectivity index (χ1n) is 13.3. The molecule has 2 fully saturated rings. The third-order valence-corrected chi connectivity index (χ3v) is 7.15. The van der Waals surface area contributed by atoms with Gasteiger partial charge in [0.2, 0.25) is 5.91 Å². The molecular formula is C29H41N3O5. The molecule has 1 aromatic carbocycles. The van der Waals surface area contributed by atoms with Gasteiger partial charge in [0, 0.05) is 18.5 Å². The highest BCUT2D eigenvalue weighted by Gasteiger charge is 2.47. The Balaban J connectivity index is 1.45.